The van der Waals surface area contributed by atoms with Crippen molar-refractivity contribution in [2.45, 2.75) is 87.8 Å². The number of nitrogens with two attached hydrogens (primary N) is 2. The summed E-state index contributed by atoms with van der Waals surface area (Å²) in [5, 5.41) is 55.7. The van der Waals surface area contributed by atoms with E-state index in [9.17, 15) is 44.2 Å². The van der Waals surface area contributed by atoms with Crippen molar-refractivity contribution in [3.63, 3.8) is 0 Å². The Kier molecular flexibility index (Phi) is 21.7. The predicted molar refractivity (Wildman–Crippen MR) is 316 cm³/mol. The lowest BCUT2D eigenvalue weighted by Crippen LogP contribution is -2.63. The van der Waals surface area contributed by atoms with Gasteiger partial charge >= 0.3 is 25.6 Å². The molecule has 30 nitrogen and oxygen atoms in total. The molecule has 4 saturated heterocycles. The number of aliphatic hydroxyl groups excluding tert-OH is 2. The number of phenolic OH excluding ortho intramolecular Hbond substituents is 1. The van der Waals surface area contributed by atoms with Gasteiger partial charge in [-0.2, -0.15) is 9.97 Å². The van der Waals surface area contributed by atoms with Crippen molar-refractivity contribution >= 4 is 83.3 Å². The molecule has 1 aliphatic carbocycles. The van der Waals surface area contributed by atoms with Crippen molar-refractivity contribution in [3.05, 3.63) is 82.7 Å². The van der Waals surface area contributed by atoms with Crippen LogP contribution in [0.4, 0.5) is 17.5 Å². The third kappa shape index (κ3) is 15.0. The first-order chi connectivity index (χ1) is 42.6. The zero-order chi connectivity index (χ0) is 63.8. The molecule has 3 aromatic carbocycles. The maximum Gasteiger partial charge on any atom is 0.343 e. The van der Waals surface area contributed by atoms with Gasteiger partial charge in [0.15, 0.2) is 52.6 Å². The fraction of sp³-hybridized carbons (Fsp3) is 0.500. The number of aromatic hydroxyl groups is 1. The number of amides is 1. The summed E-state index contributed by atoms with van der Waals surface area (Å²) in [6, 6.07) is 12.1. The number of rotatable bonds is 19. The minimum Gasteiger partial charge on any atom is -0.502 e. The molecular formula is C56H69Cl2N10O20P. The van der Waals surface area contributed by atoms with E-state index in [1.165, 1.54) is 26.4 Å². The third-order valence-corrected chi connectivity index (χ3v) is 18.1. The van der Waals surface area contributed by atoms with Gasteiger partial charge in [0.1, 0.15) is 30.5 Å². The van der Waals surface area contributed by atoms with E-state index in [1.54, 1.807) is 54.2 Å². The Morgan fingerprint density at radius 3 is 2.24 bits per heavy atom. The molecule has 0 bridgehead atoms. The average molecular weight is 1300 g/mol. The van der Waals surface area contributed by atoms with Gasteiger partial charge < -0.3 is 94.4 Å². The van der Waals surface area contributed by atoms with Crippen LogP contribution in [-0.2, 0) is 53.7 Å². The van der Waals surface area contributed by atoms with Crippen molar-refractivity contribution in [1.82, 2.24) is 35.0 Å². The van der Waals surface area contributed by atoms with Crippen LogP contribution in [0.3, 0.4) is 0 Å². The summed E-state index contributed by atoms with van der Waals surface area (Å²) in [5.74, 6) is -3.09. The number of halogens is 2. The predicted octanol–water partition coefficient (Wildman–Crippen LogP) is 3.49. The molecule has 5 aliphatic heterocycles. The number of aliphatic carboxylic acids is 2. The number of hydrogen-bond acceptors (Lipinski definition) is 25. The van der Waals surface area contributed by atoms with Crippen molar-refractivity contribution in [3.8, 4) is 28.7 Å². The second-order valence-electron chi connectivity index (χ2n) is 21.1. The Hall–Kier alpha value is -7.19. The SMILES string of the molecule is CN(Cc1cnc2nc(N)nc(N)c2n1)c1ccc(C(=O)N[C@@H](CCC(=O)O)C(=O)O)cc1.COc1cc([C@@H]2c3cc4c(cc3C(O[C@@H]3O[C@@H]5CO[C@@H](C)O[C@H]5[C@H](O)[C@H]3O)C3COC(=O)[C@@H]32)OCO4)cc(OC)c1O.O=P1(N(CCCl)CCCl)NCCCO1. The molecule has 0 spiro atoms. The lowest BCUT2D eigenvalue weighted by molar-refractivity contribution is -0.364. The summed E-state index contributed by atoms with van der Waals surface area (Å²) >= 11 is 11.2. The molecule has 33 heteroatoms. The Morgan fingerprint density at radius 1 is 0.921 bits per heavy atom. The second kappa shape index (κ2) is 29.2. The topological polar surface area (TPSA) is 413 Å². The summed E-state index contributed by atoms with van der Waals surface area (Å²) in [6.45, 7) is 4.60. The Labute approximate surface area is 519 Å². The Balaban J connectivity index is 0.000000178. The number of aromatic nitrogens is 4. The van der Waals surface area contributed by atoms with E-state index < -0.39 is 98.4 Å². The van der Waals surface area contributed by atoms with Gasteiger partial charge in [0.25, 0.3) is 5.91 Å². The van der Waals surface area contributed by atoms with Crippen molar-refractivity contribution in [2.24, 2.45) is 11.8 Å². The van der Waals surface area contributed by atoms with Crippen LogP contribution in [0.25, 0.3) is 11.2 Å². The number of nitrogens with one attached hydrogen (secondary N) is 2. The van der Waals surface area contributed by atoms with Crippen molar-refractivity contribution in [2.75, 3.05) is 95.6 Å². The smallest absolute Gasteiger partial charge is 0.343 e. The minimum absolute atomic E-state index is 0.0138. The number of fused-ring (bicyclic) bond motifs is 5. The van der Waals surface area contributed by atoms with Crippen molar-refractivity contribution in [1.29, 1.82) is 0 Å². The quantitative estimate of drug-likeness (QED) is 0.0324. The molecule has 7 heterocycles. The molecule has 2 aromatic heterocycles. The molecule has 12 atom stereocenters. The van der Waals surface area contributed by atoms with Crippen LogP contribution in [0.5, 0.6) is 28.7 Å². The molecule has 5 aromatic rings. The molecule has 89 heavy (non-hydrogen) atoms. The zero-order valence-corrected chi connectivity index (χ0v) is 51.0. The fourth-order valence-corrected chi connectivity index (χ4v) is 13.7. The number of carboxylic acids is 2. The number of nitrogens with zero attached hydrogens (tertiary/aromatic N) is 6. The maximum absolute atomic E-state index is 13.4. The molecule has 0 radical (unpaired) electrons. The number of phenols is 1. The van der Waals surface area contributed by atoms with Gasteiger partial charge in [0.2, 0.25) is 18.5 Å². The first kappa shape index (κ1) is 66.2. The number of cyclic esters (lactones) is 1. The number of carbonyl (C=O) groups is 4. The number of anilines is 3. The van der Waals surface area contributed by atoms with E-state index in [-0.39, 0.29) is 67.4 Å². The normalized spacial score (nSPS) is 26.0. The first-order valence-electron chi connectivity index (χ1n) is 28.1. The summed E-state index contributed by atoms with van der Waals surface area (Å²) in [4.78, 5) is 66.1. The first-order valence-corrected chi connectivity index (χ1v) is 30.8. The van der Waals surface area contributed by atoms with Gasteiger partial charge in [0.05, 0.1) is 64.5 Å². The number of alkyl halides is 2. The number of carboxylic acid groups (broad SMARTS) is 2. The molecule has 482 valence electrons. The zero-order valence-electron chi connectivity index (χ0n) is 48.6. The number of carbonyl (C=O) groups excluding carboxylic acids is 2. The molecule has 3 unspecified atom stereocenters. The summed E-state index contributed by atoms with van der Waals surface area (Å²) in [7, 11) is 1.83. The van der Waals surface area contributed by atoms with Gasteiger partial charge in [-0.1, -0.05) is 0 Å². The average Bonchev–Trinajstić information content (AvgIpc) is 1.74. The Morgan fingerprint density at radius 2 is 1.61 bits per heavy atom. The minimum atomic E-state index is -2.84. The maximum atomic E-state index is 13.4. The number of benzene rings is 3. The molecule has 0 saturated carbocycles. The van der Waals surface area contributed by atoms with Crippen molar-refractivity contribution < 1.29 is 96.4 Å². The van der Waals surface area contributed by atoms with E-state index in [0.29, 0.717) is 83.0 Å². The molecule has 4 fully saturated rings. The van der Waals surface area contributed by atoms with E-state index in [4.69, 9.17) is 86.9 Å². The van der Waals surface area contributed by atoms with E-state index >= 15 is 0 Å². The third-order valence-electron chi connectivity index (χ3n) is 15.4. The lowest BCUT2D eigenvalue weighted by atomic mass is 9.66. The van der Waals surface area contributed by atoms with Crippen LogP contribution in [0, 0.1) is 11.8 Å². The number of methoxy groups -OCH3 is 2. The van der Waals surface area contributed by atoms with Crippen LogP contribution < -0.4 is 45.7 Å². The number of hydrogen-bond donors (Lipinski definition) is 9. The van der Waals surface area contributed by atoms with E-state index in [1.807, 2.05) is 11.9 Å². The second-order valence-corrected chi connectivity index (χ2v) is 24.1. The van der Waals surface area contributed by atoms with E-state index in [0.717, 1.165) is 18.7 Å². The van der Waals surface area contributed by atoms with Crippen LogP contribution in [-0.4, -0.2) is 196 Å². The van der Waals surface area contributed by atoms with E-state index in [2.05, 4.69) is 30.3 Å². The largest absolute Gasteiger partial charge is 0.502 e. The monoisotopic (exact) mass is 1300 g/mol. The Bertz CT molecular complexity index is 3380. The number of nitrogen functional groups attached to an aromatic ring is 2. The highest BCUT2D eigenvalue weighted by molar-refractivity contribution is 7.54. The van der Waals surface area contributed by atoms with Gasteiger partial charge in [-0.3, -0.25) is 18.9 Å². The molecule has 11 rings (SSSR count). The van der Waals surface area contributed by atoms with Crippen LogP contribution in [0.1, 0.15) is 71.0 Å². The van der Waals surface area contributed by atoms with Gasteiger partial charge in [-0.15, -0.1) is 23.2 Å². The van der Waals surface area contributed by atoms with Crippen LogP contribution >= 0.6 is 30.9 Å². The molecule has 1 amide bonds. The summed E-state index contributed by atoms with van der Waals surface area (Å²) in [6.07, 6.45) is -4.94. The van der Waals surface area contributed by atoms with Gasteiger partial charge in [-0.05, 0) is 85.0 Å². The molecule has 6 aliphatic rings. The number of esters is 1. The summed E-state index contributed by atoms with van der Waals surface area (Å²) < 4.78 is 70.7. The highest BCUT2D eigenvalue weighted by atomic mass is 35.5. The van der Waals surface area contributed by atoms with Crippen LogP contribution in [0.2, 0.25) is 0 Å². The highest BCUT2D eigenvalue weighted by Crippen LogP contribution is 2.57. The summed E-state index contributed by atoms with van der Waals surface area (Å²) in [5.41, 5.74) is 15.7. The fourth-order valence-electron chi connectivity index (χ4n) is 11.0. The number of ether oxygens (including phenoxy) is 9. The van der Waals surface area contributed by atoms with Gasteiger partial charge in [0, 0.05) is 67.9 Å². The molecular weight excluding hydrogens is 1230 g/mol. The lowest BCUT2D eigenvalue weighted by Gasteiger charge is -2.47. The number of aliphatic hydroxyl groups is 2. The molecule has 11 N–H and O–H groups in total. The van der Waals surface area contributed by atoms with Crippen LogP contribution in [0.15, 0.2) is 54.7 Å². The van der Waals surface area contributed by atoms with Gasteiger partial charge in [-0.25, -0.2) is 24.5 Å². The highest BCUT2D eigenvalue weighted by Gasteiger charge is 2.56. The standard InChI is InChI=1S/C29H32O13.C20H22N8O5.C7H15Cl2N2O2P/c1-11-36-9-20-27(40-11)24(31)25(32)29(41-20)42-26-14-7-17-16(38-10-39-17)6-13(14)21(22-15(26)8-37-28(22)33)12-4-18(34-2)23(30)19(5-12)35-3;1-28(9-11-8-23-17-15(24-11)16(21)26-20(22)27-17)12-4-2-10(3-5-12)18(31)25-13(19(32)33)6-7-14(29)30;8-2-5-11(6-3-9)14(12)10-4-1-7-13-14/h4-7,11,15,20-22,24-27,29-32H,8-10H2,1-3H3;2-5,8,13H,6-7,9H2,1H3,(H,25,31)(H,29,30)(H,32,33)(H4,21,22,23,26,27);1-7H2,(H,10,12)/t11-,15?,20-,21-,22+,24-,25-,26?,27-,29+;13-;/m10./s1.